The van der Waals surface area contributed by atoms with Crippen molar-refractivity contribution in [3.8, 4) is 11.5 Å². The van der Waals surface area contributed by atoms with Gasteiger partial charge < -0.3 is 9.47 Å². The molecule has 0 aliphatic heterocycles. The number of hydrogen-bond donors (Lipinski definition) is 0. The van der Waals surface area contributed by atoms with Gasteiger partial charge in [-0.15, -0.1) is 0 Å². The SMILES string of the molecule is C[C@H](CCC(Oc1ccccc1Br)Oc1ccccc1Br)[C@H]1CC[C@H]2[C@@H]3CCC4CCCC[C@]4(C)[C@H]3CC[C@]12C. The third kappa shape index (κ3) is 5.43. The quantitative estimate of drug-likeness (QED) is 0.260. The lowest BCUT2D eigenvalue weighted by molar-refractivity contribution is -0.115. The zero-order chi connectivity index (χ0) is 27.9. The zero-order valence-electron chi connectivity index (χ0n) is 24.7. The van der Waals surface area contributed by atoms with Crippen LogP contribution in [-0.4, -0.2) is 6.29 Å². The van der Waals surface area contributed by atoms with Gasteiger partial charge in [0.15, 0.2) is 0 Å². The summed E-state index contributed by atoms with van der Waals surface area (Å²) in [6.07, 6.45) is 16.4. The zero-order valence-corrected chi connectivity index (χ0v) is 27.9. The molecule has 2 aromatic carbocycles. The lowest BCUT2D eigenvalue weighted by Crippen LogP contribution is -2.53. The van der Waals surface area contributed by atoms with E-state index in [1.54, 1.807) is 0 Å². The van der Waals surface area contributed by atoms with Crippen LogP contribution in [0.5, 0.6) is 11.5 Å². The van der Waals surface area contributed by atoms with Crippen molar-refractivity contribution < 1.29 is 9.47 Å². The third-order valence-electron chi connectivity index (χ3n) is 12.4. The molecule has 4 heteroatoms. The van der Waals surface area contributed by atoms with Gasteiger partial charge in [-0.25, -0.2) is 0 Å². The summed E-state index contributed by atoms with van der Waals surface area (Å²) in [7, 11) is 0. The summed E-state index contributed by atoms with van der Waals surface area (Å²) in [6, 6.07) is 16.2. The van der Waals surface area contributed by atoms with Crippen molar-refractivity contribution >= 4 is 31.9 Å². The Morgan fingerprint density at radius 1 is 0.725 bits per heavy atom. The first-order chi connectivity index (χ1) is 19.3. The van der Waals surface area contributed by atoms with E-state index in [0.29, 0.717) is 16.7 Å². The fourth-order valence-electron chi connectivity index (χ4n) is 10.4. The molecule has 2 nitrogen and oxygen atoms in total. The van der Waals surface area contributed by atoms with Crippen LogP contribution in [0, 0.1) is 46.3 Å². The van der Waals surface area contributed by atoms with Gasteiger partial charge in [0.05, 0.1) is 8.95 Å². The van der Waals surface area contributed by atoms with E-state index in [2.05, 4.69) is 52.6 Å². The van der Waals surface area contributed by atoms with E-state index in [4.69, 9.17) is 9.47 Å². The first-order valence-electron chi connectivity index (χ1n) is 16.1. The Morgan fingerprint density at radius 3 is 2.05 bits per heavy atom. The first-order valence-corrected chi connectivity index (χ1v) is 17.7. The lowest BCUT2D eigenvalue weighted by atomic mass is 9.44. The van der Waals surface area contributed by atoms with Crippen molar-refractivity contribution in [2.45, 2.75) is 104 Å². The number of para-hydroxylation sites is 2. The highest BCUT2D eigenvalue weighted by Crippen LogP contribution is 2.68. The van der Waals surface area contributed by atoms with Crippen molar-refractivity contribution in [1.82, 2.24) is 0 Å². The maximum absolute atomic E-state index is 6.49. The number of benzene rings is 2. The summed E-state index contributed by atoms with van der Waals surface area (Å²) in [5, 5.41) is 0. The molecule has 0 spiro atoms. The second-order valence-electron chi connectivity index (χ2n) is 14.2. The molecule has 4 saturated carbocycles. The Kier molecular flexibility index (Phi) is 8.68. The van der Waals surface area contributed by atoms with Gasteiger partial charge in [-0.05, 0) is 160 Å². The molecule has 218 valence electrons. The summed E-state index contributed by atoms with van der Waals surface area (Å²) in [5.74, 6) is 7.05. The lowest BCUT2D eigenvalue weighted by Gasteiger charge is -2.61. The predicted molar refractivity (Wildman–Crippen MR) is 172 cm³/mol. The average Bonchev–Trinajstić information content (AvgIpc) is 3.31. The van der Waals surface area contributed by atoms with Crippen LogP contribution in [0.4, 0.5) is 0 Å². The molecular weight excluding hydrogens is 624 g/mol. The predicted octanol–water partition coefficient (Wildman–Crippen LogP) is 11.5. The first kappa shape index (κ1) is 29.1. The molecule has 0 amide bonds. The average molecular weight is 673 g/mol. The second kappa shape index (κ2) is 11.9. The van der Waals surface area contributed by atoms with Gasteiger partial charge in [-0.3, -0.25) is 0 Å². The van der Waals surface area contributed by atoms with Gasteiger partial charge in [0, 0.05) is 6.42 Å². The molecule has 40 heavy (non-hydrogen) atoms. The topological polar surface area (TPSA) is 18.5 Å². The normalized spacial score (nSPS) is 35.9. The Bertz CT molecular complexity index is 1120. The maximum atomic E-state index is 6.49. The van der Waals surface area contributed by atoms with Gasteiger partial charge in [0.1, 0.15) is 11.5 Å². The van der Waals surface area contributed by atoms with E-state index in [1.807, 2.05) is 48.5 Å². The van der Waals surface area contributed by atoms with E-state index in [-0.39, 0.29) is 6.29 Å². The molecule has 1 unspecified atom stereocenters. The second-order valence-corrected chi connectivity index (χ2v) is 15.9. The van der Waals surface area contributed by atoms with Gasteiger partial charge >= 0.3 is 0 Å². The standard InChI is InChI=1S/C36H48Br2O2/c1-24(15-20-34(39-32-13-6-4-11-30(32)37)40-33-14-7-5-12-31(33)38)27-18-19-28-26-17-16-25-10-8-9-22-35(25,2)29(26)21-23-36(27,28)3/h4-7,11-14,24-29,34H,8-10,15-23H2,1-3H3/t24-,25?,26+,27-,28+,29+,35+,36-/m1/s1. The van der Waals surface area contributed by atoms with Crippen LogP contribution in [-0.2, 0) is 0 Å². The molecule has 4 fully saturated rings. The Labute approximate surface area is 259 Å². The van der Waals surface area contributed by atoms with Crippen LogP contribution in [0.25, 0.3) is 0 Å². The molecule has 0 bridgehead atoms. The van der Waals surface area contributed by atoms with Crippen LogP contribution in [0.1, 0.15) is 97.8 Å². The van der Waals surface area contributed by atoms with Crippen molar-refractivity contribution in [3.63, 3.8) is 0 Å². The molecule has 4 aliphatic rings. The molecule has 6 rings (SSSR count). The van der Waals surface area contributed by atoms with Crippen LogP contribution in [0.15, 0.2) is 57.5 Å². The maximum Gasteiger partial charge on any atom is 0.241 e. The molecular formula is C36H48Br2O2. The van der Waals surface area contributed by atoms with Crippen LogP contribution in [0.2, 0.25) is 0 Å². The van der Waals surface area contributed by atoms with Gasteiger partial charge in [0.25, 0.3) is 0 Å². The molecule has 0 saturated heterocycles. The monoisotopic (exact) mass is 670 g/mol. The molecule has 0 N–H and O–H groups in total. The summed E-state index contributed by atoms with van der Waals surface area (Å²) in [5.41, 5.74) is 1.13. The van der Waals surface area contributed by atoms with E-state index in [1.165, 1.54) is 64.2 Å². The summed E-state index contributed by atoms with van der Waals surface area (Å²) in [6.45, 7) is 7.93. The van der Waals surface area contributed by atoms with Gasteiger partial charge in [-0.2, -0.15) is 0 Å². The number of rotatable bonds is 8. The summed E-state index contributed by atoms with van der Waals surface area (Å²) < 4.78 is 14.9. The van der Waals surface area contributed by atoms with E-state index >= 15 is 0 Å². The fourth-order valence-corrected chi connectivity index (χ4v) is 11.1. The highest BCUT2D eigenvalue weighted by molar-refractivity contribution is 9.10. The van der Waals surface area contributed by atoms with E-state index in [0.717, 1.165) is 62.9 Å². The van der Waals surface area contributed by atoms with Crippen LogP contribution in [0.3, 0.4) is 0 Å². The minimum Gasteiger partial charge on any atom is -0.454 e. The minimum atomic E-state index is -0.331. The fraction of sp³-hybridized carbons (Fsp3) is 0.667. The van der Waals surface area contributed by atoms with Gasteiger partial charge in [-0.1, -0.05) is 57.9 Å². The Morgan fingerprint density at radius 2 is 1.38 bits per heavy atom. The molecule has 0 aromatic heterocycles. The van der Waals surface area contributed by atoms with E-state index < -0.39 is 0 Å². The van der Waals surface area contributed by atoms with Crippen molar-refractivity contribution in [2.24, 2.45) is 46.3 Å². The summed E-state index contributed by atoms with van der Waals surface area (Å²) >= 11 is 7.33. The molecule has 8 atom stereocenters. The highest BCUT2D eigenvalue weighted by Gasteiger charge is 2.60. The number of fused-ring (bicyclic) bond motifs is 5. The number of hydrogen-bond acceptors (Lipinski definition) is 2. The third-order valence-corrected chi connectivity index (χ3v) is 13.7. The van der Waals surface area contributed by atoms with Gasteiger partial charge in [0.2, 0.25) is 6.29 Å². The number of ether oxygens (including phenoxy) is 2. The van der Waals surface area contributed by atoms with Crippen molar-refractivity contribution in [1.29, 1.82) is 0 Å². The smallest absolute Gasteiger partial charge is 0.241 e. The Balaban J connectivity index is 1.14. The largest absolute Gasteiger partial charge is 0.454 e. The highest BCUT2D eigenvalue weighted by atomic mass is 79.9. The Hall–Kier alpha value is -1.00. The summed E-state index contributed by atoms with van der Waals surface area (Å²) in [4.78, 5) is 0. The van der Waals surface area contributed by atoms with Crippen molar-refractivity contribution in [2.75, 3.05) is 0 Å². The molecule has 0 radical (unpaired) electrons. The molecule has 4 aliphatic carbocycles. The van der Waals surface area contributed by atoms with Crippen molar-refractivity contribution in [3.05, 3.63) is 57.5 Å². The molecule has 2 aromatic rings. The van der Waals surface area contributed by atoms with Crippen LogP contribution >= 0.6 is 31.9 Å². The molecule has 0 heterocycles. The number of halogens is 2. The van der Waals surface area contributed by atoms with Crippen LogP contribution < -0.4 is 9.47 Å². The van der Waals surface area contributed by atoms with E-state index in [9.17, 15) is 0 Å². The minimum absolute atomic E-state index is 0.331.